The van der Waals surface area contributed by atoms with Gasteiger partial charge in [-0.25, -0.2) is 18.4 Å². The van der Waals surface area contributed by atoms with Crippen LogP contribution in [0.1, 0.15) is 10.5 Å². The van der Waals surface area contributed by atoms with E-state index >= 15 is 0 Å². The fourth-order valence-electron chi connectivity index (χ4n) is 1.50. The Hall–Kier alpha value is -2.46. The third-order valence-electron chi connectivity index (χ3n) is 2.46. The molecule has 0 fully saturated rings. The number of sulfonamides is 1. The van der Waals surface area contributed by atoms with Crippen LogP contribution in [-0.4, -0.2) is 19.6 Å². The van der Waals surface area contributed by atoms with Gasteiger partial charge in [0.05, 0.1) is 4.90 Å². The van der Waals surface area contributed by atoms with E-state index in [4.69, 9.17) is 5.14 Å². The Morgan fingerprint density at radius 3 is 2.40 bits per heavy atom. The number of hydrogen-bond acceptors (Lipinski definition) is 5. The lowest BCUT2D eigenvalue weighted by atomic mass is 10.3. The lowest BCUT2D eigenvalue weighted by Crippen LogP contribution is -2.41. The Balaban J connectivity index is 2.23. The van der Waals surface area contributed by atoms with Gasteiger partial charge >= 0.3 is 17.2 Å². The highest BCUT2D eigenvalue weighted by atomic mass is 32.2. The fourth-order valence-corrected chi connectivity index (χ4v) is 2.02. The van der Waals surface area contributed by atoms with Crippen LogP contribution in [0.5, 0.6) is 0 Å². The molecule has 1 amide bonds. The molecule has 0 unspecified atom stereocenters. The van der Waals surface area contributed by atoms with E-state index in [9.17, 15) is 18.0 Å². The molecule has 1 aromatic carbocycles. The van der Waals surface area contributed by atoms with Gasteiger partial charge in [-0.3, -0.25) is 9.32 Å². The first-order chi connectivity index (χ1) is 9.29. The molecule has 106 valence electrons. The Kier molecular flexibility index (Phi) is 3.42. The largest absolute Gasteiger partial charge is 0.440 e. The average molecular weight is 299 g/mol. The van der Waals surface area contributed by atoms with E-state index in [-0.39, 0.29) is 10.6 Å². The van der Waals surface area contributed by atoms with Gasteiger partial charge in [-0.1, -0.05) is 4.68 Å². The predicted octanol–water partition coefficient (Wildman–Crippen LogP) is -1.31. The Morgan fingerprint density at radius 1 is 1.35 bits per heavy atom. The van der Waals surface area contributed by atoms with Crippen molar-refractivity contribution < 1.29 is 22.4 Å². The second kappa shape index (κ2) is 4.90. The summed E-state index contributed by atoms with van der Waals surface area (Å²) < 4.78 is 27.7. The van der Waals surface area contributed by atoms with Gasteiger partial charge in [0.25, 0.3) is 0 Å². The van der Waals surface area contributed by atoms with Crippen LogP contribution in [0, 0.1) is 0 Å². The predicted molar refractivity (Wildman–Crippen MR) is 66.3 cm³/mol. The van der Waals surface area contributed by atoms with Crippen molar-refractivity contribution in [1.82, 2.24) is 5.27 Å². The van der Waals surface area contributed by atoms with Gasteiger partial charge in [0.1, 0.15) is 0 Å². The smallest absolute Gasteiger partial charge is 0.316 e. The summed E-state index contributed by atoms with van der Waals surface area (Å²) in [4.78, 5) is 23.0. The Labute approximate surface area is 113 Å². The zero-order valence-electron chi connectivity index (χ0n) is 10.3. The van der Waals surface area contributed by atoms with Gasteiger partial charge in [-0.05, 0) is 29.5 Å². The summed E-state index contributed by atoms with van der Waals surface area (Å²) in [6.07, 6.45) is 0. The van der Waals surface area contributed by atoms with Crippen LogP contribution in [0.2, 0.25) is 0 Å². The molecule has 2 rings (SSSR count). The van der Waals surface area contributed by atoms with E-state index in [1.165, 1.54) is 31.3 Å². The molecule has 0 radical (unpaired) electrons. The number of aromatic amines is 1. The minimum Gasteiger partial charge on any atom is -0.316 e. The highest BCUT2D eigenvalue weighted by Crippen LogP contribution is 2.12. The summed E-state index contributed by atoms with van der Waals surface area (Å²) in [5.74, 6) is -0.689. The number of hydrogen-bond donors (Lipinski definition) is 3. The summed E-state index contributed by atoms with van der Waals surface area (Å²) in [7, 11) is -2.36. The number of carbonyl (C=O) groups excluding carboxylic acids is 1. The molecule has 0 bridgehead atoms. The van der Waals surface area contributed by atoms with Crippen LogP contribution in [0.25, 0.3) is 0 Å². The fraction of sp³-hybridized carbons (Fsp3) is 0.100. The van der Waals surface area contributed by atoms with Crippen molar-refractivity contribution in [2.45, 2.75) is 4.90 Å². The molecule has 0 aliphatic carbocycles. The first kappa shape index (κ1) is 14.0. The molecule has 0 atom stereocenters. The number of aromatic nitrogens is 2. The SMILES string of the molecule is C[n+]1[nH]oc(=O)c1C(=O)Nc1ccc(S(N)(=O)=O)cc1. The number of carbonyl (C=O) groups is 1. The third kappa shape index (κ3) is 2.75. The number of aryl methyl sites for hydroxylation is 1. The maximum atomic E-state index is 11.8. The summed E-state index contributed by atoms with van der Waals surface area (Å²) in [6, 6.07) is 5.19. The monoisotopic (exact) mass is 299 g/mol. The number of nitrogens with zero attached hydrogens (tertiary/aromatic N) is 1. The number of amides is 1. The summed E-state index contributed by atoms with van der Waals surface area (Å²) in [5, 5.41) is 9.58. The number of nitrogens with two attached hydrogens (primary N) is 1. The van der Waals surface area contributed by atoms with E-state index in [1.54, 1.807) is 0 Å². The van der Waals surface area contributed by atoms with E-state index in [1.807, 2.05) is 0 Å². The number of H-pyrrole nitrogens is 1. The lowest BCUT2D eigenvalue weighted by molar-refractivity contribution is -0.741. The van der Waals surface area contributed by atoms with E-state index < -0.39 is 21.6 Å². The Bertz CT molecular complexity index is 803. The van der Waals surface area contributed by atoms with Crippen LogP contribution in [0.15, 0.2) is 38.5 Å². The van der Waals surface area contributed by atoms with Crippen LogP contribution in [-0.2, 0) is 17.1 Å². The molecule has 0 saturated heterocycles. The molecule has 20 heavy (non-hydrogen) atoms. The molecule has 9 nitrogen and oxygen atoms in total. The van der Waals surface area contributed by atoms with Gasteiger partial charge in [0.2, 0.25) is 10.0 Å². The van der Waals surface area contributed by atoms with Crippen molar-refractivity contribution in [3.8, 4) is 0 Å². The molecule has 1 heterocycles. The van der Waals surface area contributed by atoms with Gasteiger partial charge in [-0.15, -0.1) is 0 Å². The minimum atomic E-state index is -3.79. The normalized spacial score (nSPS) is 11.3. The highest BCUT2D eigenvalue weighted by Gasteiger charge is 2.26. The van der Waals surface area contributed by atoms with Crippen molar-refractivity contribution >= 4 is 21.6 Å². The molecule has 0 aliphatic rings. The molecular weight excluding hydrogens is 288 g/mol. The standard InChI is InChI=1S/C10H10N4O5S/c1-14-8(10(16)19-13-14)9(15)12-6-2-4-7(5-3-6)20(11,17)18/h2-5H,1H3,(H3-,11,12,13,15,16,17,18)/p+1. The van der Waals surface area contributed by atoms with Crippen molar-refractivity contribution in [1.29, 1.82) is 0 Å². The van der Waals surface area contributed by atoms with Crippen molar-refractivity contribution in [3.05, 3.63) is 40.4 Å². The number of anilines is 1. The van der Waals surface area contributed by atoms with E-state index in [0.29, 0.717) is 5.69 Å². The second-order valence-electron chi connectivity index (χ2n) is 3.91. The van der Waals surface area contributed by atoms with Crippen molar-refractivity contribution in [2.24, 2.45) is 12.2 Å². The zero-order valence-corrected chi connectivity index (χ0v) is 11.1. The maximum absolute atomic E-state index is 11.8. The quantitative estimate of drug-likeness (QED) is 0.604. The molecule has 0 spiro atoms. The second-order valence-corrected chi connectivity index (χ2v) is 5.47. The molecule has 0 saturated carbocycles. The van der Waals surface area contributed by atoms with Gasteiger partial charge < -0.3 is 5.32 Å². The lowest BCUT2D eigenvalue weighted by Gasteiger charge is -2.02. The molecule has 1 aromatic heterocycles. The van der Waals surface area contributed by atoms with Crippen molar-refractivity contribution in [2.75, 3.05) is 5.32 Å². The summed E-state index contributed by atoms with van der Waals surface area (Å²) >= 11 is 0. The minimum absolute atomic E-state index is 0.0813. The number of primary sulfonamides is 1. The first-order valence-corrected chi connectivity index (χ1v) is 6.85. The van der Waals surface area contributed by atoms with Crippen LogP contribution in [0.4, 0.5) is 5.69 Å². The molecule has 10 heteroatoms. The molecular formula is C10H11N4O5S+. The molecule has 2 aromatic rings. The van der Waals surface area contributed by atoms with Gasteiger partial charge in [0, 0.05) is 5.69 Å². The highest BCUT2D eigenvalue weighted by molar-refractivity contribution is 7.89. The van der Waals surface area contributed by atoms with Crippen LogP contribution in [0.3, 0.4) is 0 Å². The Morgan fingerprint density at radius 2 is 1.95 bits per heavy atom. The number of rotatable bonds is 3. The third-order valence-corrected chi connectivity index (χ3v) is 3.39. The number of nitrogens with one attached hydrogen (secondary N) is 2. The van der Waals surface area contributed by atoms with Crippen LogP contribution >= 0.6 is 0 Å². The van der Waals surface area contributed by atoms with Gasteiger partial charge in [0.15, 0.2) is 7.05 Å². The molecule has 4 N–H and O–H groups in total. The topological polar surface area (TPSA) is 139 Å². The number of benzene rings is 1. The maximum Gasteiger partial charge on any atom is 0.440 e. The summed E-state index contributed by atoms with van der Waals surface area (Å²) in [6.45, 7) is 0. The van der Waals surface area contributed by atoms with E-state index in [0.717, 1.165) is 4.68 Å². The summed E-state index contributed by atoms with van der Waals surface area (Å²) in [5.41, 5.74) is -0.727. The first-order valence-electron chi connectivity index (χ1n) is 5.31. The van der Waals surface area contributed by atoms with Crippen LogP contribution < -0.4 is 20.8 Å². The average Bonchev–Trinajstić information content (AvgIpc) is 2.68. The van der Waals surface area contributed by atoms with E-state index in [2.05, 4.69) is 15.1 Å². The van der Waals surface area contributed by atoms with Gasteiger partial charge in [-0.2, -0.15) is 0 Å². The molecule has 0 aliphatic heterocycles. The van der Waals surface area contributed by atoms with Crippen molar-refractivity contribution in [3.63, 3.8) is 0 Å². The zero-order chi connectivity index (χ0) is 14.9.